The second-order valence-corrected chi connectivity index (χ2v) is 11.4. The van der Waals surface area contributed by atoms with Crippen molar-refractivity contribution < 1.29 is 13.2 Å². The number of aryl methyl sites for hydroxylation is 2. The van der Waals surface area contributed by atoms with Crippen LogP contribution in [0.25, 0.3) is 0 Å². The normalized spacial score (nSPS) is 13.5. The Bertz CT molecular complexity index is 1060. The second-order valence-electron chi connectivity index (χ2n) is 9.52. The maximum Gasteiger partial charge on any atom is 0.317 e. The Morgan fingerprint density at radius 1 is 1.14 bits per heavy atom. The van der Waals surface area contributed by atoms with E-state index in [1.807, 2.05) is 44.2 Å². The Hall–Kier alpha value is -2.50. The summed E-state index contributed by atoms with van der Waals surface area (Å²) in [5.74, 6) is 1.04. The summed E-state index contributed by atoms with van der Waals surface area (Å²) in [5.41, 5.74) is 1.12. The Balaban J connectivity index is 2.16. The van der Waals surface area contributed by atoms with Crippen molar-refractivity contribution in [3.63, 3.8) is 0 Å². The average molecular weight is 536 g/mol. The Kier molecular flexibility index (Phi) is 12.5. The fraction of sp³-hybridized carbons (Fsp3) is 0.654. The van der Waals surface area contributed by atoms with Gasteiger partial charge in [0.05, 0.1) is 18.3 Å². The molecule has 0 radical (unpaired) electrons. The van der Waals surface area contributed by atoms with E-state index in [9.17, 15) is 13.2 Å². The third-order valence-electron chi connectivity index (χ3n) is 6.56. The third-order valence-corrected chi connectivity index (χ3v) is 8.03. The number of rotatable bonds is 16. The molecule has 0 aliphatic carbocycles. The fourth-order valence-corrected chi connectivity index (χ4v) is 5.20. The quantitative estimate of drug-likeness (QED) is 0.342. The van der Waals surface area contributed by atoms with E-state index in [1.54, 1.807) is 23.7 Å². The number of carbonyl (C=O) groups is 1. The zero-order chi connectivity index (χ0) is 27.4. The topological polar surface area (TPSA) is 112 Å². The number of sulfonamides is 1. The first kappa shape index (κ1) is 30.7. The molecule has 2 amide bonds. The molecule has 2 atom stereocenters. The first-order valence-corrected chi connectivity index (χ1v) is 14.9. The molecular weight excluding hydrogens is 490 g/mol. The van der Waals surface area contributed by atoms with Crippen LogP contribution in [0.2, 0.25) is 0 Å². The minimum atomic E-state index is -3.54. The smallest absolute Gasteiger partial charge is 0.317 e. The molecule has 0 aliphatic rings. The Labute approximate surface area is 222 Å². The number of carbonyl (C=O) groups excluding carboxylic acids is 1. The molecule has 208 valence electrons. The molecule has 2 rings (SSSR count). The molecule has 1 heterocycles. The van der Waals surface area contributed by atoms with Gasteiger partial charge in [0.2, 0.25) is 10.0 Å². The van der Waals surface area contributed by atoms with Gasteiger partial charge in [-0.1, -0.05) is 51.1 Å². The lowest BCUT2D eigenvalue weighted by Gasteiger charge is -2.20. The van der Waals surface area contributed by atoms with Crippen LogP contribution < -0.4 is 10.0 Å². The maximum atomic E-state index is 13.0. The van der Waals surface area contributed by atoms with E-state index >= 15 is 0 Å². The van der Waals surface area contributed by atoms with Gasteiger partial charge in [-0.3, -0.25) is 4.68 Å². The highest BCUT2D eigenvalue weighted by molar-refractivity contribution is 7.89. The number of hydrogen-bond donors (Lipinski definition) is 2. The number of nitrogens with one attached hydrogen (secondary N) is 2. The maximum absolute atomic E-state index is 13.0. The lowest BCUT2D eigenvalue weighted by atomic mass is 10.1. The standard InChI is InChI=1S/C26H45N7O3S/c1-7-21(4)27-26(34)31(5)20-24-28-25(29-32(24)6)23(17-16-22-14-11-10-12-15-22)30-37(35,36)19-13-18-33(8-2)9-3/h10-12,14-15,21,23,30H,7-9,13,16-20H2,1-6H3,(H,27,34)/t21?,23-/m1/s1. The zero-order valence-corrected chi connectivity index (χ0v) is 24.1. The molecule has 2 N–H and O–H groups in total. The van der Waals surface area contributed by atoms with Gasteiger partial charge in [-0.05, 0) is 57.8 Å². The highest BCUT2D eigenvalue weighted by Crippen LogP contribution is 2.19. The number of aromatic nitrogens is 3. The molecule has 0 fully saturated rings. The van der Waals surface area contributed by atoms with Crippen LogP contribution >= 0.6 is 0 Å². The molecule has 2 aromatic rings. The van der Waals surface area contributed by atoms with Crippen LogP contribution in [0, 0.1) is 0 Å². The van der Waals surface area contributed by atoms with Crippen LogP contribution in [-0.2, 0) is 30.0 Å². The SMILES string of the molecule is CCC(C)NC(=O)N(C)Cc1nc([C@@H](CCc2ccccc2)NS(=O)(=O)CCCN(CC)CC)nn1C. The lowest BCUT2D eigenvalue weighted by molar-refractivity contribution is 0.201. The van der Waals surface area contributed by atoms with E-state index in [2.05, 4.69) is 38.9 Å². The van der Waals surface area contributed by atoms with Gasteiger partial charge in [0, 0.05) is 20.1 Å². The zero-order valence-electron chi connectivity index (χ0n) is 23.3. The van der Waals surface area contributed by atoms with Crippen LogP contribution in [0.3, 0.4) is 0 Å². The van der Waals surface area contributed by atoms with Crippen LogP contribution in [-0.4, -0.2) is 77.5 Å². The Morgan fingerprint density at radius 3 is 2.43 bits per heavy atom. The molecular formula is C26H45N7O3S. The summed E-state index contributed by atoms with van der Waals surface area (Å²) in [6.45, 7) is 10.9. The summed E-state index contributed by atoms with van der Waals surface area (Å²) in [6, 6.07) is 9.27. The molecule has 0 aliphatic heterocycles. The van der Waals surface area contributed by atoms with Crippen molar-refractivity contribution in [2.45, 2.75) is 72.0 Å². The highest BCUT2D eigenvalue weighted by atomic mass is 32.2. The molecule has 0 saturated heterocycles. The van der Waals surface area contributed by atoms with Crippen molar-refractivity contribution in [2.75, 3.05) is 32.4 Å². The van der Waals surface area contributed by atoms with Crippen LogP contribution in [0.15, 0.2) is 30.3 Å². The highest BCUT2D eigenvalue weighted by Gasteiger charge is 2.25. The summed E-state index contributed by atoms with van der Waals surface area (Å²) in [4.78, 5) is 20.9. The van der Waals surface area contributed by atoms with Gasteiger partial charge < -0.3 is 15.1 Å². The molecule has 1 aromatic carbocycles. The second kappa shape index (κ2) is 15.0. The molecule has 0 bridgehead atoms. The minimum absolute atomic E-state index is 0.0452. The number of amides is 2. The molecule has 1 aromatic heterocycles. The summed E-state index contributed by atoms with van der Waals surface area (Å²) in [6.07, 6.45) is 2.59. The van der Waals surface area contributed by atoms with Gasteiger partial charge in [-0.15, -0.1) is 0 Å². The van der Waals surface area contributed by atoms with Crippen molar-refractivity contribution in [3.05, 3.63) is 47.5 Å². The van der Waals surface area contributed by atoms with Gasteiger partial charge in [0.15, 0.2) is 5.82 Å². The monoisotopic (exact) mass is 535 g/mol. The van der Waals surface area contributed by atoms with Crippen molar-refractivity contribution in [3.8, 4) is 0 Å². The number of nitrogens with zero attached hydrogens (tertiary/aromatic N) is 5. The summed E-state index contributed by atoms with van der Waals surface area (Å²) >= 11 is 0. The van der Waals surface area contributed by atoms with Gasteiger partial charge in [0.1, 0.15) is 5.82 Å². The number of hydrogen-bond acceptors (Lipinski definition) is 6. The minimum Gasteiger partial charge on any atom is -0.336 e. The predicted octanol–water partition coefficient (Wildman–Crippen LogP) is 3.08. The van der Waals surface area contributed by atoms with Crippen LogP contribution in [0.5, 0.6) is 0 Å². The first-order valence-electron chi connectivity index (χ1n) is 13.3. The molecule has 1 unspecified atom stereocenters. The van der Waals surface area contributed by atoms with E-state index in [0.717, 1.165) is 31.6 Å². The van der Waals surface area contributed by atoms with E-state index in [1.165, 1.54) is 0 Å². The third kappa shape index (κ3) is 10.4. The van der Waals surface area contributed by atoms with E-state index in [4.69, 9.17) is 0 Å². The molecule has 10 nitrogen and oxygen atoms in total. The van der Waals surface area contributed by atoms with Gasteiger partial charge in [-0.25, -0.2) is 22.9 Å². The van der Waals surface area contributed by atoms with Gasteiger partial charge in [0.25, 0.3) is 0 Å². The first-order chi connectivity index (χ1) is 17.6. The molecule has 37 heavy (non-hydrogen) atoms. The van der Waals surface area contributed by atoms with Gasteiger partial charge >= 0.3 is 6.03 Å². The summed E-state index contributed by atoms with van der Waals surface area (Å²) < 4.78 is 30.5. The van der Waals surface area contributed by atoms with Gasteiger partial charge in [-0.2, -0.15) is 5.10 Å². The molecule has 11 heteroatoms. The van der Waals surface area contributed by atoms with E-state index in [-0.39, 0.29) is 24.4 Å². The molecule has 0 saturated carbocycles. The molecule has 0 spiro atoms. The lowest BCUT2D eigenvalue weighted by Crippen LogP contribution is -2.41. The summed E-state index contributed by atoms with van der Waals surface area (Å²) in [7, 11) is -0.0735. The largest absolute Gasteiger partial charge is 0.336 e. The average Bonchev–Trinajstić information content (AvgIpc) is 3.24. The van der Waals surface area contributed by atoms with Crippen molar-refractivity contribution >= 4 is 16.1 Å². The van der Waals surface area contributed by atoms with Crippen molar-refractivity contribution in [1.82, 2.24) is 34.6 Å². The van der Waals surface area contributed by atoms with Crippen molar-refractivity contribution in [1.29, 1.82) is 0 Å². The Morgan fingerprint density at radius 2 is 1.81 bits per heavy atom. The van der Waals surface area contributed by atoms with Crippen LogP contribution in [0.4, 0.5) is 4.79 Å². The fourth-order valence-electron chi connectivity index (χ4n) is 3.92. The van der Waals surface area contributed by atoms with E-state index in [0.29, 0.717) is 30.9 Å². The van der Waals surface area contributed by atoms with E-state index < -0.39 is 16.1 Å². The van der Waals surface area contributed by atoms with Crippen molar-refractivity contribution in [2.24, 2.45) is 7.05 Å². The number of urea groups is 1. The summed E-state index contributed by atoms with van der Waals surface area (Å²) in [5, 5.41) is 7.48. The van der Waals surface area contributed by atoms with Crippen LogP contribution in [0.1, 0.15) is 70.2 Å². The predicted molar refractivity (Wildman–Crippen MR) is 148 cm³/mol. The number of benzene rings is 1.